The summed E-state index contributed by atoms with van der Waals surface area (Å²) < 4.78 is 5.38. The maximum absolute atomic E-state index is 6.01. The molecule has 2 N–H and O–H groups in total. The Balaban J connectivity index is 0.00000121. The Morgan fingerprint density at radius 1 is 1.12 bits per heavy atom. The number of ether oxygens (including phenoxy) is 1. The van der Waals surface area contributed by atoms with E-state index in [-0.39, 0.29) is 6.04 Å². The zero-order valence-electron chi connectivity index (χ0n) is 11.9. The quantitative estimate of drug-likeness (QED) is 0.848. The van der Waals surface area contributed by atoms with Crippen LogP contribution in [-0.4, -0.2) is 12.6 Å². The van der Waals surface area contributed by atoms with Crippen LogP contribution in [0.1, 0.15) is 40.2 Å². The highest BCUT2D eigenvalue weighted by Crippen LogP contribution is 2.14. The molecule has 1 unspecified atom stereocenters. The average Bonchev–Trinajstić information content (AvgIpc) is 2.34. The summed E-state index contributed by atoms with van der Waals surface area (Å²) in [6.07, 6.45) is 0.935. The molecule has 1 aromatic carbocycles. The van der Waals surface area contributed by atoms with Gasteiger partial charge in [-0.15, -0.1) is 0 Å². The molecule has 0 amide bonds. The van der Waals surface area contributed by atoms with Gasteiger partial charge in [0.15, 0.2) is 0 Å². The van der Waals surface area contributed by atoms with Crippen LogP contribution in [0.3, 0.4) is 0 Å². The Hall–Kier alpha value is -1.02. The van der Waals surface area contributed by atoms with Crippen LogP contribution in [-0.2, 0) is 6.42 Å². The van der Waals surface area contributed by atoms with E-state index in [9.17, 15) is 0 Å². The molecule has 2 heteroatoms. The topological polar surface area (TPSA) is 35.2 Å². The Morgan fingerprint density at radius 2 is 1.65 bits per heavy atom. The van der Waals surface area contributed by atoms with Crippen LogP contribution in [0.25, 0.3) is 0 Å². The molecule has 0 saturated heterocycles. The van der Waals surface area contributed by atoms with Crippen LogP contribution in [0, 0.1) is 5.92 Å². The van der Waals surface area contributed by atoms with Crippen molar-refractivity contribution in [3.63, 3.8) is 0 Å². The van der Waals surface area contributed by atoms with Crippen molar-refractivity contribution in [2.24, 2.45) is 11.7 Å². The zero-order chi connectivity index (χ0) is 13.3. The summed E-state index contributed by atoms with van der Waals surface area (Å²) in [5, 5.41) is 0. The van der Waals surface area contributed by atoms with Gasteiger partial charge in [-0.2, -0.15) is 0 Å². The van der Waals surface area contributed by atoms with Crippen LogP contribution >= 0.6 is 0 Å². The van der Waals surface area contributed by atoms with E-state index < -0.39 is 0 Å². The molecular formula is C15H27NO. The number of rotatable bonds is 5. The molecule has 0 aromatic heterocycles. The zero-order valence-corrected chi connectivity index (χ0v) is 11.9. The van der Waals surface area contributed by atoms with Crippen molar-refractivity contribution in [2.75, 3.05) is 6.61 Å². The van der Waals surface area contributed by atoms with Gasteiger partial charge in [0.05, 0.1) is 6.61 Å². The van der Waals surface area contributed by atoms with Crippen LogP contribution in [0.2, 0.25) is 0 Å². The first kappa shape index (κ1) is 16.0. The third-order valence-corrected chi connectivity index (χ3v) is 2.56. The van der Waals surface area contributed by atoms with Gasteiger partial charge in [-0.1, -0.05) is 39.8 Å². The smallest absolute Gasteiger partial charge is 0.119 e. The highest BCUT2D eigenvalue weighted by molar-refractivity contribution is 5.27. The summed E-state index contributed by atoms with van der Waals surface area (Å²) in [6, 6.07) is 8.43. The molecule has 1 aromatic rings. The molecule has 0 aliphatic carbocycles. The molecule has 2 nitrogen and oxygen atoms in total. The van der Waals surface area contributed by atoms with E-state index in [0.29, 0.717) is 12.5 Å². The predicted molar refractivity (Wildman–Crippen MR) is 75.5 cm³/mol. The van der Waals surface area contributed by atoms with Crippen molar-refractivity contribution in [3.8, 4) is 5.75 Å². The summed E-state index contributed by atoms with van der Waals surface area (Å²) in [5.74, 6) is 1.45. The van der Waals surface area contributed by atoms with Crippen molar-refractivity contribution in [1.29, 1.82) is 0 Å². The third kappa shape index (κ3) is 6.32. The average molecular weight is 237 g/mol. The monoisotopic (exact) mass is 237 g/mol. The predicted octanol–water partition coefficient (Wildman–Crippen LogP) is 3.64. The van der Waals surface area contributed by atoms with Gasteiger partial charge in [0, 0.05) is 6.04 Å². The fraction of sp³-hybridized carbons (Fsp3) is 0.600. The Bertz CT molecular complexity index is 279. The second-order valence-corrected chi connectivity index (χ2v) is 4.19. The van der Waals surface area contributed by atoms with Gasteiger partial charge in [0.1, 0.15) is 5.75 Å². The second-order valence-electron chi connectivity index (χ2n) is 4.19. The fourth-order valence-electron chi connectivity index (χ4n) is 1.40. The molecule has 1 rings (SSSR count). The lowest BCUT2D eigenvalue weighted by Gasteiger charge is -2.15. The van der Waals surface area contributed by atoms with Crippen molar-refractivity contribution in [3.05, 3.63) is 29.8 Å². The first-order valence-corrected chi connectivity index (χ1v) is 6.60. The van der Waals surface area contributed by atoms with Gasteiger partial charge in [0.2, 0.25) is 0 Å². The summed E-state index contributed by atoms with van der Waals surface area (Å²) in [5.41, 5.74) is 7.29. The molecule has 0 bridgehead atoms. The second kappa shape index (κ2) is 9.06. The molecule has 0 heterocycles. The van der Waals surface area contributed by atoms with Gasteiger partial charge < -0.3 is 10.5 Å². The summed E-state index contributed by atoms with van der Waals surface area (Å²) >= 11 is 0. The largest absolute Gasteiger partial charge is 0.494 e. The normalized spacial score (nSPS) is 11.7. The van der Waals surface area contributed by atoms with Crippen molar-refractivity contribution >= 4 is 0 Å². The maximum atomic E-state index is 6.01. The molecule has 0 spiro atoms. The van der Waals surface area contributed by atoms with Gasteiger partial charge in [-0.05, 0) is 37.0 Å². The molecular weight excluding hydrogens is 210 g/mol. The molecule has 0 aliphatic heterocycles. The summed E-state index contributed by atoms with van der Waals surface area (Å²) in [6.45, 7) is 11.0. The Kier molecular flexibility index (Phi) is 8.51. The van der Waals surface area contributed by atoms with E-state index in [0.717, 1.165) is 12.2 Å². The molecule has 1 atom stereocenters. The minimum Gasteiger partial charge on any atom is -0.494 e. The van der Waals surface area contributed by atoms with Gasteiger partial charge in [0.25, 0.3) is 0 Å². The maximum Gasteiger partial charge on any atom is 0.119 e. The SMILES string of the molecule is CC.CCOc1ccc(CC(N)C(C)C)cc1. The highest BCUT2D eigenvalue weighted by Gasteiger charge is 2.08. The van der Waals surface area contributed by atoms with Gasteiger partial charge in [-0.25, -0.2) is 0 Å². The van der Waals surface area contributed by atoms with Crippen molar-refractivity contribution in [2.45, 2.75) is 47.1 Å². The van der Waals surface area contributed by atoms with Crippen LogP contribution in [0.5, 0.6) is 5.75 Å². The summed E-state index contributed by atoms with van der Waals surface area (Å²) in [7, 11) is 0. The third-order valence-electron chi connectivity index (χ3n) is 2.56. The van der Waals surface area contributed by atoms with Gasteiger partial charge >= 0.3 is 0 Å². The van der Waals surface area contributed by atoms with Gasteiger partial charge in [-0.3, -0.25) is 0 Å². The van der Waals surface area contributed by atoms with E-state index in [4.69, 9.17) is 10.5 Å². The van der Waals surface area contributed by atoms with E-state index >= 15 is 0 Å². The first-order chi connectivity index (χ1) is 8.13. The standard InChI is InChI=1S/C13H21NO.C2H6/c1-4-15-12-7-5-11(6-8-12)9-13(14)10(2)3;1-2/h5-8,10,13H,4,9,14H2,1-3H3;1-2H3. The molecule has 98 valence electrons. The first-order valence-electron chi connectivity index (χ1n) is 6.60. The van der Waals surface area contributed by atoms with Crippen LogP contribution in [0.4, 0.5) is 0 Å². The van der Waals surface area contributed by atoms with Crippen molar-refractivity contribution in [1.82, 2.24) is 0 Å². The van der Waals surface area contributed by atoms with Crippen LogP contribution in [0.15, 0.2) is 24.3 Å². The van der Waals surface area contributed by atoms with E-state index in [1.165, 1.54) is 5.56 Å². The van der Waals surface area contributed by atoms with Crippen molar-refractivity contribution < 1.29 is 4.74 Å². The van der Waals surface area contributed by atoms with E-state index in [1.807, 2.05) is 32.9 Å². The Labute approximate surface area is 106 Å². The lowest BCUT2D eigenvalue weighted by molar-refractivity contribution is 0.340. The molecule has 0 radical (unpaired) electrons. The molecule has 0 aliphatic rings. The number of benzene rings is 1. The lowest BCUT2D eigenvalue weighted by Crippen LogP contribution is -2.28. The summed E-state index contributed by atoms with van der Waals surface area (Å²) in [4.78, 5) is 0. The minimum absolute atomic E-state index is 0.239. The number of hydrogen-bond donors (Lipinski definition) is 1. The highest BCUT2D eigenvalue weighted by atomic mass is 16.5. The van der Waals surface area contributed by atoms with Crippen LogP contribution < -0.4 is 10.5 Å². The molecule has 0 saturated carbocycles. The van der Waals surface area contributed by atoms with E-state index in [1.54, 1.807) is 0 Å². The fourth-order valence-corrected chi connectivity index (χ4v) is 1.40. The number of nitrogens with two attached hydrogens (primary N) is 1. The minimum atomic E-state index is 0.239. The number of hydrogen-bond acceptors (Lipinski definition) is 2. The molecule has 0 fully saturated rings. The molecule has 17 heavy (non-hydrogen) atoms. The van der Waals surface area contributed by atoms with E-state index in [2.05, 4.69) is 26.0 Å². The lowest BCUT2D eigenvalue weighted by atomic mass is 9.97. The Morgan fingerprint density at radius 3 is 2.06 bits per heavy atom.